The van der Waals surface area contributed by atoms with Gasteiger partial charge in [0, 0.05) is 13.2 Å². The summed E-state index contributed by atoms with van der Waals surface area (Å²) in [5.74, 6) is 0.744. The predicted octanol–water partition coefficient (Wildman–Crippen LogP) is 3.67. The Labute approximate surface area is 122 Å². The molecule has 1 rings (SSSR count). The Bertz CT molecular complexity index is 392. The Morgan fingerprint density at radius 3 is 2.50 bits per heavy atom. The molecule has 0 fully saturated rings. The fraction of sp³-hybridized carbons (Fsp3) is 0.625. The summed E-state index contributed by atoms with van der Waals surface area (Å²) in [5.41, 5.74) is 7.72. The van der Waals surface area contributed by atoms with Gasteiger partial charge in [-0.15, -0.1) is 0 Å². The number of benzene rings is 1. The lowest BCUT2D eigenvalue weighted by atomic mass is 10.2. The highest BCUT2D eigenvalue weighted by Crippen LogP contribution is 2.30. The maximum Gasteiger partial charge on any atom is 0.144 e. The summed E-state index contributed by atoms with van der Waals surface area (Å²) in [7, 11) is 0. The van der Waals surface area contributed by atoms with Crippen molar-refractivity contribution in [2.75, 3.05) is 24.2 Å². The van der Waals surface area contributed by atoms with E-state index in [1.807, 2.05) is 32.0 Å². The smallest absolute Gasteiger partial charge is 0.144 e. The van der Waals surface area contributed by atoms with Gasteiger partial charge >= 0.3 is 0 Å². The molecule has 0 bridgehead atoms. The molecule has 0 atom stereocenters. The van der Waals surface area contributed by atoms with Crippen molar-refractivity contribution in [3.8, 4) is 5.75 Å². The first-order chi connectivity index (χ1) is 9.50. The molecule has 0 unspecified atom stereocenters. The summed E-state index contributed by atoms with van der Waals surface area (Å²) < 4.78 is 11.2. The average molecular weight is 280 g/mol. The van der Waals surface area contributed by atoms with Crippen molar-refractivity contribution in [1.82, 2.24) is 0 Å². The van der Waals surface area contributed by atoms with Gasteiger partial charge in [-0.1, -0.05) is 6.07 Å². The van der Waals surface area contributed by atoms with Crippen molar-refractivity contribution in [2.24, 2.45) is 0 Å². The minimum absolute atomic E-state index is 0.126. The first-order valence-electron chi connectivity index (χ1n) is 7.41. The third-order valence-corrected chi connectivity index (χ3v) is 2.77. The molecule has 0 aliphatic heterocycles. The molecule has 20 heavy (non-hydrogen) atoms. The number of nitrogens with one attached hydrogen (secondary N) is 1. The van der Waals surface area contributed by atoms with Crippen LogP contribution >= 0.6 is 0 Å². The lowest BCUT2D eigenvalue weighted by Crippen LogP contribution is -2.10. The van der Waals surface area contributed by atoms with Gasteiger partial charge in [0.2, 0.25) is 0 Å². The van der Waals surface area contributed by atoms with Crippen molar-refractivity contribution in [1.29, 1.82) is 0 Å². The fourth-order valence-electron chi connectivity index (χ4n) is 1.82. The van der Waals surface area contributed by atoms with Gasteiger partial charge in [0.05, 0.1) is 23.6 Å². The van der Waals surface area contributed by atoms with E-state index in [1.165, 1.54) is 0 Å². The summed E-state index contributed by atoms with van der Waals surface area (Å²) in [6, 6.07) is 5.84. The van der Waals surface area contributed by atoms with Crippen molar-refractivity contribution in [2.45, 2.75) is 52.7 Å². The molecule has 0 aliphatic carbocycles. The van der Waals surface area contributed by atoms with E-state index in [0.29, 0.717) is 11.8 Å². The van der Waals surface area contributed by atoms with Gasteiger partial charge in [-0.25, -0.2) is 0 Å². The molecular weight excluding hydrogens is 252 g/mol. The Hall–Kier alpha value is -1.42. The maximum absolute atomic E-state index is 6.10. The summed E-state index contributed by atoms with van der Waals surface area (Å²) in [4.78, 5) is 0. The average Bonchev–Trinajstić information content (AvgIpc) is 2.36. The highest BCUT2D eigenvalue weighted by Gasteiger charge is 2.06. The lowest BCUT2D eigenvalue weighted by molar-refractivity contribution is 0.0765. The topological polar surface area (TPSA) is 56.5 Å². The first-order valence-corrected chi connectivity index (χ1v) is 7.41. The van der Waals surface area contributed by atoms with Crippen LogP contribution in [0.15, 0.2) is 18.2 Å². The van der Waals surface area contributed by atoms with Gasteiger partial charge in [0.15, 0.2) is 0 Å². The second-order valence-corrected chi connectivity index (χ2v) is 5.44. The zero-order valence-electron chi connectivity index (χ0n) is 13.1. The number of rotatable bonds is 9. The first kappa shape index (κ1) is 16.6. The molecule has 4 nitrogen and oxygen atoms in total. The van der Waals surface area contributed by atoms with Crippen molar-refractivity contribution in [3.05, 3.63) is 18.2 Å². The van der Waals surface area contributed by atoms with E-state index >= 15 is 0 Å². The zero-order valence-corrected chi connectivity index (χ0v) is 13.1. The third kappa shape index (κ3) is 6.15. The van der Waals surface area contributed by atoms with Gasteiger partial charge in [-0.3, -0.25) is 0 Å². The number of ether oxygens (including phenoxy) is 2. The van der Waals surface area contributed by atoms with Crippen LogP contribution in [-0.2, 0) is 4.74 Å². The van der Waals surface area contributed by atoms with Gasteiger partial charge in [-0.2, -0.15) is 0 Å². The van der Waals surface area contributed by atoms with E-state index in [4.69, 9.17) is 15.2 Å². The Kier molecular flexibility index (Phi) is 7.23. The zero-order chi connectivity index (χ0) is 15.0. The van der Waals surface area contributed by atoms with Crippen LogP contribution in [0.2, 0.25) is 0 Å². The molecule has 3 N–H and O–H groups in total. The Balaban J connectivity index is 2.36. The van der Waals surface area contributed by atoms with Crippen LogP contribution < -0.4 is 15.8 Å². The number of para-hydroxylation sites is 1. The predicted molar refractivity (Wildman–Crippen MR) is 85.4 cm³/mol. The second kappa shape index (κ2) is 8.69. The van der Waals surface area contributed by atoms with E-state index in [-0.39, 0.29) is 6.10 Å². The highest BCUT2D eigenvalue weighted by molar-refractivity contribution is 5.72. The van der Waals surface area contributed by atoms with Crippen LogP contribution in [0.4, 0.5) is 11.4 Å². The van der Waals surface area contributed by atoms with Gasteiger partial charge in [0.1, 0.15) is 5.75 Å². The molecule has 114 valence electrons. The molecule has 1 aromatic rings. The van der Waals surface area contributed by atoms with Gasteiger partial charge < -0.3 is 20.5 Å². The van der Waals surface area contributed by atoms with E-state index in [0.717, 1.165) is 37.4 Å². The number of unbranched alkanes of at least 4 members (excludes halogenated alkanes) is 1. The molecule has 0 radical (unpaired) electrons. The Morgan fingerprint density at radius 1 is 1.10 bits per heavy atom. The van der Waals surface area contributed by atoms with E-state index in [2.05, 4.69) is 19.2 Å². The fourth-order valence-corrected chi connectivity index (χ4v) is 1.82. The van der Waals surface area contributed by atoms with Crippen molar-refractivity contribution < 1.29 is 9.47 Å². The summed E-state index contributed by atoms with van der Waals surface area (Å²) in [5, 5.41) is 3.35. The molecule has 0 spiro atoms. The normalized spacial score (nSPS) is 11.1. The van der Waals surface area contributed by atoms with Gasteiger partial charge in [0.25, 0.3) is 0 Å². The summed E-state index contributed by atoms with van der Waals surface area (Å²) in [6.07, 6.45) is 2.54. The molecule has 1 aromatic carbocycles. The number of hydrogen-bond acceptors (Lipinski definition) is 4. The second-order valence-electron chi connectivity index (χ2n) is 5.44. The van der Waals surface area contributed by atoms with Crippen molar-refractivity contribution >= 4 is 11.4 Å². The van der Waals surface area contributed by atoms with Crippen LogP contribution in [0.5, 0.6) is 5.75 Å². The largest absolute Gasteiger partial charge is 0.489 e. The monoisotopic (exact) mass is 280 g/mol. The maximum atomic E-state index is 6.10. The molecule has 4 heteroatoms. The summed E-state index contributed by atoms with van der Waals surface area (Å²) >= 11 is 0. The van der Waals surface area contributed by atoms with E-state index in [9.17, 15) is 0 Å². The quantitative estimate of drug-likeness (QED) is 0.535. The molecular formula is C16H28N2O2. The summed E-state index contributed by atoms with van der Waals surface area (Å²) in [6.45, 7) is 9.79. The molecule has 0 saturated heterocycles. The number of nitrogen functional groups attached to an aromatic ring is 1. The highest BCUT2D eigenvalue weighted by atomic mass is 16.5. The van der Waals surface area contributed by atoms with Crippen LogP contribution in [-0.4, -0.2) is 25.4 Å². The van der Waals surface area contributed by atoms with Crippen LogP contribution in [0.1, 0.15) is 40.5 Å². The number of nitrogens with two attached hydrogens (primary N) is 1. The molecule has 0 saturated carbocycles. The van der Waals surface area contributed by atoms with Crippen LogP contribution in [0, 0.1) is 0 Å². The third-order valence-electron chi connectivity index (χ3n) is 2.77. The van der Waals surface area contributed by atoms with E-state index < -0.39 is 0 Å². The van der Waals surface area contributed by atoms with Crippen molar-refractivity contribution in [3.63, 3.8) is 0 Å². The lowest BCUT2D eigenvalue weighted by Gasteiger charge is -2.15. The number of hydrogen-bond donors (Lipinski definition) is 2. The van der Waals surface area contributed by atoms with Crippen LogP contribution in [0.25, 0.3) is 0 Å². The van der Waals surface area contributed by atoms with E-state index in [1.54, 1.807) is 0 Å². The molecule has 0 heterocycles. The molecule has 0 aromatic heterocycles. The standard InChI is InChI=1S/C16H28N2O2/c1-12(2)19-11-6-5-10-18-14-8-7-9-15(16(14)17)20-13(3)4/h7-9,12-13,18H,5-6,10-11,17H2,1-4H3. The van der Waals surface area contributed by atoms with Gasteiger partial charge in [-0.05, 0) is 52.7 Å². The number of anilines is 2. The minimum Gasteiger partial charge on any atom is -0.489 e. The Morgan fingerprint density at radius 2 is 1.85 bits per heavy atom. The van der Waals surface area contributed by atoms with Crippen LogP contribution in [0.3, 0.4) is 0 Å². The SMILES string of the molecule is CC(C)OCCCCNc1cccc(OC(C)C)c1N. The molecule has 0 aliphatic rings. The minimum atomic E-state index is 0.126. The molecule has 0 amide bonds.